The van der Waals surface area contributed by atoms with Crippen LogP contribution in [0.3, 0.4) is 0 Å². The fourth-order valence-corrected chi connectivity index (χ4v) is 3.65. The molecule has 0 amide bonds. The third-order valence-electron chi connectivity index (χ3n) is 3.28. The molecule has 0 saturated carbocycles. The summed E-state index contributed by atoms with van der Waals surface area (Å²) in [7, 11) is -3.88. The summed E-state index contributed by atoms with van der Waals surface area (Å²) in [6.45, 7) is 4.68. The van der Waals surface area contributed by atoms with Crippen molar-refractivity contribution in [1.82, 2.24) is 4.72 Å². The van der Waals surface area contributed by atoms with Gasteiger partial charge < -0.3 is 5.73 Å². The van der Waals surface area contributed by atoms with Crippen LogP contribution in [0.4, 0.5) is 18.9 Å². The van der Waals surface area contributed by atoms with Crippen molar-refractivity contribution < 1.29 is 21.6 Å². The zero-order chi connectivity index (χ0) is 16.4. The minimum atomic E-state index is -4.29. The molecule has 0 bridgehead atoms. The van der Waals surface area contributed by atoms with Crippen molar-refractivity contribution in [3.63, 3.8) is 0 Å². The Morgan fingerprint density at radius 2 is 1.76 bits per heavy atom. The van der Waals surface area contributed by atoms with Crippen LogP contribution in [0, 0.1) is 20.8 Å². The van der Waals surface area contributed by atoms with Crippen LogP contribution in [0.5, 0.6) is 0 Å². The SMILES string of the molecule is Cc1cc(N)c(C)c(S(=O)(=O)NCCCC(F)(F)F)c1C. The lowest BCUT2D eigenvalue weighted by Crippen LogP contribution is -2.27. The number of alkyl halides is 3. The zero-order valence-corrected chi connectivity index (χ0v) is 13.0. The van der Waals surface area contributed by atoms with Gasteiger partial charge in [0.15, 0.2) is 0 Å². The quantitative estimate of drug-likeness (QED) is 0.646. The largest absolute Gasteiger partial charge is 0.398 e. The number of hydrogen-bond donors (Lipinski definition) is 2. The van der Waals surface area contributed by atoms with Crippen LogP contribution in [0.25, 0.3) is 0 Å². The molecule has 0 heterocycles. The van der Waals surface area contributed by atoms with Gasteiger partial charge in [-0.15, -0.1) is 0 Å². The van der Waals surface area contributed by atoms with E-state index in [1.54, 1.807) is 26.8 Å². The lowest BCUT2D eigenvalue weighted by atomic mass is 10.1. The van der Waals surface area contributed by atoms with E-state index in [0.717, 1.165) is 0 Å². The van der Waals surface area contributed by atoms with E-state index in [1.807, 2.05) is 0 Å². The Balaban J connectivity index is 2.94. The first-order chi connectivity index (χ1) is 9.46. The van der Waals surface area contributed by atoms with Crippen molar-refractivity contribution in [3.05, 3.63) is 22.8 Å². The monoisotopic (exact) mass is 324 g/mol. The molecule has 0 aliphatic rings. The molecule has 120 valence electrons. The summed E-state index contributed by atoms with van der Waals surface area (Å²) in [6.07, 6.45) is -5.61. The van der Waals surface area contributed by atoms with Gasteiger partial charge in [0.05, 0.1) is 4.90 Å². The number of anilines is 1. The van der Waals surface area contributed by atoms with Gasteiger partial charge in [0.2, 0.25) is 10.0 Å². The summed E-state index contributed by atoms with van der Waals surface area (Å²) in [5.74, 6) is 0. The lowest BCUT2D eigenvalue weighted by molar-refractivity contribution is -0.135. The summed E-state index contributed by atoms with van der Waals surface area (Å²) in [6, 6.07) is 1.67. The average Bonchev–Trinajstić information content (AvgIpc) is 2.31. The molecule has 21 heavy (non-hydrogen) atoms. The molecule has 1 aromatic carbocycles. The summed E-state index contributed by atoms with van der Waals surface area (Å²) in [4.78, 5) is 0.0482. The second-order valence-electron chi connectivity index (χ2n) is 4.98. The zero-order valence-electron chi connectivity index (χ0n) is 12.1. The van der Waals surface area contributed by atoms with E-state index in [9.17, 15) is 21.6 Å². The summed E-state index contributed by atoms with van der Waals surface area (Å²) < 4.78 is 62.8. The van der Waals surface area contributed by atoms with E-state index < -0.39 is 22.6 Å². The van der Waals surface area contributed by atoms with E-state index in [4.69, 9.17) is 5.73 Å². The predicted octanol–water partition coefficient (Wildman–Crippen LogP) is 2.81. The predicted molar refractivity (Wildman–Crippen MR) is 75.5 cm³/mol. The van der Waals surface area contributed by atoms with Crippen LogP contribution in [0.1, 0.15) is 29.5 Å². The minimum absolute atomic E-state index is 0.0482. The number of sulfonamides is 1. The Morgan fingerprint density at radius 3 is 2.29 bits per heavy atom. The summed E-state index contributed by atoms with van der Waals surface area (Å²) in [5.41, 5.74) is 7.77. The number of nitrogens with two attached hydrogens (primary N) is 1. The van der Waals surface area contributed by atoms with Gasteiger partial charge in [-0.05, 0) is 49.9 Å². The van der Waals surface area contributed by atoms with Crippen LogP contribution in [0.15, 0.2) is 11.0 Å². The van der Waals surface area contributed by atoms with Crippen LogP contribution in [0.2, 0.25) is 0 Å². The maximum Gasteiger partial charge on any atom is 0.389 e. The Labute approximate surface area is 122 Å². The van der Waals surface area contributed by atoms with Gasteiger partial charge in [0.25, 0.3) is 0 Å². The highest BCUT2D eigenvalue weighted by Gasteiger charge is 2.27. The first kappa shape index (κ1) is 17.8. The smallest absolute Gasteiger partial charge is 0.389 e. The van der Waals surface area contributed by atoms with Crippen LogP contribution in [-0.4, -0.2) is 21.1 Å². The Bertz CT molecular complexity index is 599. The molecule has 0 aromatic heterocycles. The van der Waals surface area contributed by atoms with Crippen LogP contribution >= 0.6 is 0 Å². The standard InChI is InChI=1S/C13H19F3N2O2S/c1-8-7-11(17)10(3)12(9(8)2)21(19,20)18-6-4-5-13(14,15)16/h7,18H,4-6,17H2,1-3H3. The van der Waals surface area contributed by atoms with Crippen LogP contribution in [-0.2, 0) is 10.0 Å². The van der Waals surface area contributed by atoms with E-state index in [0.29, 0.717) is 22.4 Å². The van der Waals surface area contributed by atoms with Gasteiger partial charge in [-0.1, -0.05) is 0 Å². The lowest BCUT2D eigenvalue weighted by Gasteiger charge is -2.16. The van der Waals surface area contributed by atoms with Crippen molar-refractivity contribution in [2.75, 3.05) is 12.3 Å². The summed E-state index contributed by atoms with van der Waals surface area (Å²) in [5, 5.41) is 0. The number of nitrogens with one attached hydrogen (secondary N) is 1. The number of aryl methyl sites for hydroxylation is 1. The highest BCUT2D eigenvalue weighted by atomic mass is 32.2. The second kappa shape index (κ2) is 6.23. The maximum absolute atomic E-state index is 12.3. The molecular formula is C13H19F3N2O2S. The molecule has 0 radical (unpaired) electrons. The van der Waals surface area contributed by atoms with E-state index in [1.165, 1.54) is 0 Å². The van der Waals surface area contributed by atoms with E-state index in [-0.39, 0.29) is 17.9 Å². The number of rotatable bonds is 5. The number of hydrogen-bond acceptors (Lipinski definition) is 3. The average molecular weight is 324 g/mol. The molecule has 3 N–H and O–H groups in total. The maximum atomic E-state index is 12.3. The molecule has 0 spiro atoms. The number of benzene rings is 1. The highest BCUT2D eigenvalue weighted by molar-refractivity contribution is 7.89. The van der Waals surface area contributed by atoms with Gasteiger partial charge in [-0.25, -0.2) is 13.1 Å². The fraction of sp³-hybridized carbons (Fsp3) is 0.538. The minimum Gasteiger partial charge on any atom is -0.398 e. The first-order valence-corrected chi connectivity index (χ1v) is 7.86. The Hall–Kier alpha value is -1.28. The highest BCUT2D eigenvalue weighted by Crippen LogP contribution is 2.28. The van der Waals surface area contributed by atoms with Gasteiger partial charge in [0, 0.05) is 18.7 Å². The van der Waals surface area contributed by atoms with Crippen molar-refractivity contribution in [3.8, 4) is 0 Å². The Kier molecular flexibility index (Phi) is 5.27. The van der Waals surface area contributed by atoms with E-state index in [2.05, 4.69) is 4.72 Å². The molecule has 8 heteroatoms. The summed E-state index contributed by atoms with van der Waals surface area (Å²) >= 11 is 0. The number of halogens is 3. The normalized spacial score (nSPS) is 12.7. The van der Waals surface area contributed by atoms with Gasteiger partial charge in [0.1, 0.15) is 0 Å². The third-order valence-corrected chi connectivity index (χ3v) is 5.01. The molecule has 0 unspecified atom stereocenters. The topological polar surface area (TPSA) is 72.2 Å². The molecule has 4 nitrogen and oxygen atoms in total. The molecular weight excluding hydrogens is 305 g/mol. The molecule has 0 aliphatic carbocycles. The van der Waals surface area contributed by atoms with Gasteiger partial charge >= 0.3 is 6.18 Å². The fourth-order valence-electron chi connectivity index (χ4n) is 2.01. The molecule has 1 rings (SSSR count). The van der Waals surface area contributed by atoms with Gasteiger partial charge in [-0.3, -0.25) is 0 Å². The number of nitrogen functional groups attached to an aromatic ring is 1. The molecule has 0 saturated heterocycles. The van der Waals surface area contributed by atoms with Crippen molar-refractivity contribution in [2.45, 2.75) is 44.7 Å². The van der Waals surface area contributed by atoms with Crippen molar-refractivity contribution in [1.29, 1.82) is 0 Å². The van der Waals surface area contributed by atoms with Gasteiger partial charge in [-0.2, -0.15) is 13.2 Å². The van der Waals surface area contributed by atoms with Crippen LogP contribution < -0.4 is 10.5 Å². The Morgan fingerprint density at radius 1 is 1.19 bits per heavy atom. The molecule has 0 aliphatic heterocycles. The second-order valence-corrected chi connectivity index (χ2v) is 6.68. The first-order valence-electron chi connectivity index (χ1n) is 6.38. The van der Waals surface area contributed by atoms with Crippen molar-refractivity contribution >= 4 is 15.7 Å². The van der Waals surface area contributed by atoms with E-state index >= 15 is 0 Å². The molecule has 0 fully saturated rings. The molecule has 1 aromatic rings. The molecule has 0 atom stereocenters. The van der Waals surface area contributed by atoms with Crippen molar-refractivity contribution in [2.24, 2.45) is 0 Å². The third kappa shape index (κ3) is 4.60.